The monoisotopic (exact) mass is 256 g/mol. The summed E-state index contributed by atoms with van der Waals surface area (Å²) < 4.78 is 13.4. The first-order valence-electron chi connectivity index (χ1n) is 6.09. The van der Waals surface area contributed by atoms with E-state index in [2.05, 4.69) is 6.58 Å². The van der Waals surface area contributed by atoms with Crippen LogP contribution in [0.2, 0.25) is 0 Å². The first-order valence-corrected chi connectivity index (χ1v) is 7.80. The molecule has 0 aliphatic carbocycles. The largest absolute Gasteiger partial charge is 0.309 e. The SMILES string of the molecule is C=C(CC)P(=O)(c1ccccc1)c1ccccc1. The molecule has 0 aliphatic heterocycles. The third kappa shape index (κ3) is 2.19. The molecule has 0 bridgehead atoms. The summed E-state index contributed by atoms with van der Waals surface area (Å²) in [6.07, 6.45) is 0.723. The highest BCUT2D eigenvalue weighted by atomic mass is 31.2. The van der Waals surface area contributed by atoms with Gasteiger partial charge in [0.05, 0.1) is 0 Å². The first-order chi connectivity index (χ1) is 8.69. The minimum Gasteiger partial charge on any atom is -0.309 e. The van der Waals surface area contributed by atoms with Crippen molar-refractivity contribution < 1.29 is 4.57 Å². The van der Waals surface area contributed by atoms with Gasteiger partial charge in [-0.25, -0.2) is 0 Å². The zero-order valence-electron chi connectivity index (χ0n) is 10.5. The van der Waals surface area contributed by atoms with Crippen LogP contribution in [0.3, 0.4) is 0 Å². The molecule has 92 valence electrons. The van der Waals surface area contributed by atoms with Crippen LogP contribution in [-0.2, 0) is 4.57 Å². The van der Waals surface area contributed by atoms with Crippen molar-refractivity contribution in [3.05, 3.63) is 72.6 Å². The van der Waals surface area contributed by atoms with Gasteiger partial charge in [-0.3, -0.25) is 0 Å². The van der Waals surface area contributed by atoms with E-state index in [9.17, 15) is 4.57 Å². The average Bonchev–Trinajstić information content (AvgIpc) is 2.47. The molecule has 0 fully saturated rings. The van der Waals surface area contributed by atoms with Crippen LogP contribution in [0.1, 0.15) is 13.3 Å². The van der Waals surface area contributed by atoms with Gasteiger partial charge in [0, 0.05) is 10.6 Å². The molecule has 0 aliphatic rings. The molecule has 2 rings (SSSR count). The summed E-state index contributed by atoms with van der Waals surface area (Å²) in [5.41, 5.74) is 0. The number of rotatable bonds is 4. The molecule has 0 spiro atoms. The lowest BCUT2D eigenvalue weighted by Crippen LogP contribution is -2.16. The van der Waals surface area contributed by atoms with Crippen LogP contribution < -0.4 is 10.6 Å². The van der Waals surface area contributed by atoms with E-state index < -0.39 is 7.14 Å². The van der Waals surface area contributed by atoms with Gasteiger partial charge in [0.1, 0.15) is 0 Å². The van der Waals surface area contributed by atoms with E-state index in [-0.39, 0.29) is 0 Å². The third-order valence-corrected chi connectivity index (χ3v) is 6.35. The number of allylic oxidation sites excluding steroid dienone is 1. The summed E-state index contributed by atoms with van der Waals surface area (Å²) in [7, 11) is -2.71. The van der Waals surface area contributed by atoms with E-state index in [1.165, 1.54) is 0 Å². The van der Waals surface area contributed by atoms with Gasteiger partial charge in [0.2, 0.25) is 0 Å². The highest BCUT2D eigenvalue weighted by Gasteiger charge is 2.29. The quantitative estimate of drug-likeness (QED) is 0.758. The predicted octanol–water partition coefficient (Wildman–Crippen LogP) is 3.92. The van der Waals surface area contributed by atoms with Gasteiger partial charge in [-0.2, -0.15) is 0 Å². The second-order valence-corrected chi connectivity index (χ2v) is 7.08. The molecular formula is C16H17OP. The summed E-state index contributed by atoms with van der Waals surface area (Å²) in [6.45, 7) is 6.04. The van der Waals surface area contributed by atoms with Crippen molar-refractivity contribution in [3.63, 3.8) is 0 Å². The van der Waals surface area contributed by atoms with Crippen LogP contribution in [0, 0.1) is 0 Å². The molecule has 0 atom stereocenters. The Morgan fingerprint density at radius 3 is 1.67 bits per heavy atom. The minimum atomic E-state index is -2.71. The lowest BCUT2D eigenvalue weighted by Gasteiger charge is -2.20. The lowest BCUT2D eigenvalue weighted by atomic mass is 10.4. The number of hydrogen-bond acceptors (Lipinski definition) is 1. The van der Waals surface area contributed by atoms with E-state index in [0.717, 1.165) is 22.3 Å². The maximum absolute atomic E-state index is 13.4. The molecule has 2 aromatic carbocycles. The standard InChI is InChI=1S/C16H17OP/c1-3-14(2)18(17,15-10-6-4-7-11-15)16-12-8-5-9-13-16/h4-13H,2-3H2,1H3. The third-order valence-electron chi connectivity index (χ3n) is 3.09. The fraction of sp³-hybridized carbons (Fsp3) is 0.125. The van der Waals surface area contributed by atoms with Crippen molar-refractivity contribution in [1.82, 2.24) is 0 Å². The normalized spacial score (nSPS) is 11.2. The smallest absolute Gasteiger partial charge is 0.166 e. The maximum atomic E-state index is 13.4. The van der Waals surface area contributed by atoms with Crippen LogP contribution in [0.4, 0.5) is 0 Å². The first kappa shape index (κ1) is 12.9. The molecule has 0 saturated carbocycles. The zero-order valence-corrected chi connectivity index (χ0v) is 11.4. The molecule has 2 aromatic rings. The molecule has 0 heterocycles. The fourth-order valence-corrected chi connectivity index (χ4v) is 4.67. The van der Waals surface area contributed by atoms with Crippen molar-refractivity contribution in [2.75, 3.05) is 0 Å². The second-order valence-electron chi connectivity index (χ2n) is 4.20. The molecule has 0 N–H and O–H groups in total. The molecular weight excluding hydrogens is 239 g/mol. The molecule has 0 saturated heterocycles. The molecule has 2 heteroatoms. The molecule has 1 nitrogen and oxygen atoms in total. The molecule has 0 radical (unpaired) electrons. The van der Waals surface area contributed by atoms with E-state index in [1.54, 1.807) is 0 Å². The van der Waals surface area contributed by atoms with Gasteiger partial charge < -0.3 is 4.57 Å². The maximum Gasteiger partial charge on any atom is 0.166 e. The van der Waals surface area contributed by atoms with Crippen LogP contribution in [0.25, 0.3) is 0 Å². The highest BCUT2D eigenvalue weighted by Crippen LogP contribution is 2.51. The topological polar surface area (TPSA) is 17.1 Å². The van der Waals surface area contributed by atoms with Crippen LogP contribution in [-0.4, -0.2) is 0 Å². The van der Waals surface area contributed by atoms with Gasteiger partial charge in [-0.05, 0) is 11.7 Å². The molecule has 0 amide bonds. The fourth-order valence-electron chi connectivity index (χ4n) is 2.01. The molecule has 18 heavy (non-hydrogen) atoms. The van der Waals surface area contributed by atoms with Crippen LogP contribution in [0.15, 0.2) is 72.6 Å². The zero-order chi connectivity index (χ0) is 13.0. The Kier molecular flexibility index (Phi) is 3.84. The summed E-state index contributed by atoms with van der Waals surface area (Å²) in [6, 6.07) is 19.3. The highest BCUT2D eigenvalue weighted by molar-refractivity contribution is 7.82. The van der Waals surface area contributed by atoms with Crippen LogP contribution >= 0.6 is 7.14 Å². The second kappa shape index (κ2) is 5.37. The summed E-state index contributed by atoms with van der Waals surface area (Å²) in [4.78, 5) is 0. The summed E-state index contributed by atoms with van der Waals surface area (Å²) in [5.74, 6) is 0. The Labute approximate surface area is 109 Å². The van der Waals surface area contributed by atoms with Crippen molar-refractivity contribution in [3.8, 4) is 0 Å². The Balaban J connectivity index is 2.63. The van der Waals surface area contributed by atoms with Crippen molar-refractivity contribution in [2.24, 2.45) is 0 Å². The van der Waals surface area contributed by atoms with Crippen molar-refractivity contribution >= 4 is 17.8 Å². The van der Waals surface area contributed by atoms with E-state index in [4.69, 9.17) is 0 Å². The summed E-state index contributed by atoms with van der Waals surface area (Å²) >= 11 is 0. The number of benzene rings is 2. The minimum absolute atomic E-state index is 0.723. The average molecular weight is 256 g/mol. The van der Waals surface area contributed by atoms with Gasteiger partial charge in [-0.1, -0.05) is 74.2 Å². The summed E-state index contributed by atoms with van der Waals surface area (Å²) in [5, 5.41) is 2.53. The van der Waals surface area contributed by atoms with Gasteiger partial charge in [0.25, 0.3) is 0 Å². The molecule has 0 unspecified atom stereocenters. The predicted molar refractivity (Wildman–Crippen MR) is 79.2 cm³/mol. The van der Waals surface area contributed by atoms with E-state index >= 15 is 0 Å². The number of hydrogen-bond donors (Lipinski definition) is 0. The Morgan fingerprint density at radius 2 is 1.33 bits per heavy atom. The lowest BCUT2D eigenvalue weighted by molar-refractivity contribution is 0.590. The van der Waals surface area contributed by atoms with Gasteiger partial charge in [-0.15, -0.1) is 0 Å². The van der Waals surface area contributed by atoms with Crippen LogP contribution in [0.5, 0.6) is 0 Å². The van der Waals surface area contributed by atoms with Gasteiger partial charge >= 0.3 is 0 Å². The Morgan fingerprint density at radius 1 is 0.944 bits per heavy atom. The molecule has 0 aromatic heterocycles. The van der Waals surface area contributed by atoms with Crippen molar-refractivity contribution in [1.29, 1.82) is 0 Å². The Hall–Kier alpha value is -1.59. The Bertz CT molecular complexity index is 529. The van der Waals surface area contributed by atoms with E-state index in [1.807, 2.05) is 67.6 Å². The van der Waals surface area contributed by atoms with Gasteiger partial charge in [0.15, 0.2) is 7.14 Å². The van der Waals surface area contributed by atoms with E-state index in [0.29, 0.717) is 0 Å². The van der Waals surface area contributed by atoms with Crippen molar-refractivity contribution in [2.45, 2.75) is 13.3 Å².